The van der Waals surface area contributed by atoms with Gasteiger partial charge in [0.1, 0.15) is 10.7 Å². The highest BCUT2D eigenvalue weighted by atomic mass is 32.2. The quantitative estimate of drug-likeness (QED) is 0.899. The predicted molar refractivity (Wildman–Crippen MR) is 75.4 cm³/mol. The Morgan fingerprint density at radius 1 is 1.16 bits per heavy atom. The van der Waals surface area contributed by atoms with Gasteiger partial charge in [-0.25, -0.2) is 13.4 Å². The van der Waals surface area contributed by atoms with Gasteiger partial charge in [0.2, 0.25) is 0 Å². The Balaban J connectivity index is 2.38. The topological polar surface area (TPSA) is 85.1 Å². The van der Waals surface area contributed by atoms with Gasteiger partial charge in [-0.05, 0) is 37.1 Å². The van der Waals surface area contributed by atoms with E-state index in [-0.39, 0.29) is 4.90 Å². The molecule has 19 heavy (non-hydrogen) atoms. The van der Waals surface area contributed by atoms with E-state index in [1.54, 1.807) is 19.1 Å². The van der Waals surface area contributed by atoms with Crippen molar-refractivity contribution in [3.63, 3.8) is 0 Å². The van der Waals surface area contributed by atoms with E-state index in [0.29, 0.717) is 17.1 Å². The van der Waals surface area contributed by atoms with E-state index >= 15 is 0 Å². The van der Waals surface area contributed by atoms with Crippen molar-refractivity contribution in [2.75, 3.05) is 10.5 Å². The Bertz CT molecular complexity index is 712. The van der Waals surface area contributed by atoms with Gasteiger partial charge >= 0.3 is 0 Å². The van der Waals surface area contributed by atoms with Crippen molar-refractivity contribution in [3.05, 3.63) is 47.7 Å². The minimum Gasteiger partial charge on any atom is -0.383 e. The normalized spacial score (nSPS) is 11.3. The van der Waals surface area contributed by atoms with Crippen LogP contribution in [0.1, 0.15) is 11.1 Å². The molecule has 0 amide bonds. The number of rotatable bonds is 3. The molecule has 0 saturated heterocycles. The van der Waals surface area contributed by atoms with Crippen LogP contribution in [-0.4, -0.2) is 13.4 Å². The van der Waals surface area contributed by atoms with E-state index in [1.807, 2.05) is 19.1 Å². The van der Waals surface area contributed by atoms with Crippen molar-refractivity contribution in [2.24, 2.45) is 0 Å². The van der Waals surface area contributed by atoms with Crippen LogP contribution in [0.2, 0.25) is 0 Å². The largest absolute Gasteiger partial charge is 0.383 e. The molecule has 0 unspecified atom stereocenters. The number of nitrogens with zero attached hydrogens (tertiary/aromatic N) is 1. The number of para-hydroxylation sites is 1. The van der Waals surface area contributed by atoms with Gasteiger partial charge in [-0.15, -0.1) is 0 Å². The van der Waals surface area contributed by atoms with E-state index in [0.717, 1.165) is 5.56 Å². The zero-order valence-corrected chi connectivity index (χ0v) is 11.5. The van der Waals surface area contributed by atoms with E-state index in [1.165, 1.54) is 12.3 Å². The number of nitrogens with one attached hydrogen (secondary N) is 1. The molecule has 0 aliphatic heterocycles. The third-order valence-corrected chi connectivity index (χ3v) is 4.13. The molecule has 0 fully saturated rings. The summed E-state index contributed by atoms with van der Waals surface area (Å²) in [5.41, 5.74) is 7.62. The maximum atomic E-state index is 12.2. The van der Waals surface area contributed by atoms with Crippen LogP contribution in [-0.2, 0) is 10.0 Å². The van der Waals surface area contributed by atoms with Gasteiger partial charge in [0.25, 0.3) is 10.0 Å². The average molecular weight is 277 g/mol. The Labute approximate surface area is 112 Å². The Hall–Kier alpha value is -2.08. The minimum atomic E-state index is -3.64. The number of hydrogen-bond acceptors (Lipinski definition) is 4. The van der Waals surface area contributed by atoms with Gasteiger partial charge in [0.05, 0.1) is 5.69 Å². The number of sulfonamides is 1. The third kappa shape index (κ3) is 2.85. The fourth-order valence-electron chi connectivity index (χ4n) is 1.60. The molecule has 0 radical (unpaired) electrons. The summed E-state index contributed by atoms with van der Waals surface area (Å²) in [4.78, 5) is 3.97. The molecule has 1 aromatic carbocycles. The van der Waals surface area contributed by atoms with Gasteiger partial charge < -0.3 is 5.73 Å². The molecule has 5 nitrogen and oxygen atoms in total. The molecule has 2 rings (SSSR count). The molecule has 0 bridgehead atoms. The average Bonchev–Trinajstić information content (AvgIpc) is 2.35. The first-order valence-electron chi connectivity index (χ1n) is 5.71. The molecule has 0 aliphatic rings. The summed E-state index contributed by atoms with van der Waals surface area (Å²) in [6.07, 6.45) is 1.25. The molecular weight excluding hydrogens is 262 g/mol. The number of aromatic nitrogens is 1. The minimum absolute atomic E-state index is 0.0995. The van der Waals surface area contributed by atoms with Gasteiger partial charge in [-0.1, -0.05) is 18.2 Å². The summed E-state index contributed by atoms with van der Waals surface area (Å²) in [7, 11) is -3.64. The Morgan fingerprint density at radius 3 is 2.47 bits per heavy atom. The van der Waals surface area contributed by atoms with Crippen molar-refractivity contribution in [2.45, 2.75) is 18.7 Å². The van der Waals surface area contributed by atoms with Gasteiger partial charge in [0, 0.05) is 6.20 Å². The molecule has 3 N–H and O–H groups in total. The summed E-state index contributed by atoms with van der Waals surface area (Å²) in [6, 6.07) is 8.68. The lowest BCUT2D eigenvalue weighted by atomic mass is 10.2. The number of aryl methyl sites for hydroxylation is 2. The second kappa shape index (κ2) is 4.89. The Morgan fingerprint density at radius 2 is 1.84 bits per heavy atom. The highest BCUT2D eigenvalue weighted by Gasteiger charge is 2.16. The molecule has 0 aliphatic carbocycles. The van der Waals surface area contributed by atoms with Crippen molar-refractivity contribution in [1.29, 1.82) is 0 Å². The molecule has 0 saturated carbocycles. The molecule has 0 spiro atoms. The third-order valence-electron chi connectivity index (χ3n) is 2.79. The smallest absolute Gasteiger partial charge is 0.263 e. The van der Waals surface area contributed by atoms with Crippen molar-refractivity contribution >= 4 is 21.5 Å². The lowest BCUT2D eigenvalue weighted by Gasteiger charge is -2.11. The maximum Gasteiger partial charge on any atom is 0.263 e. The summed E-state index contributed by atoms with van der Waals surface area (Å²) < 4.78 is 27.0. The fourth-order valence-corrected chi connectivity index (χ4v) is 2.76. The molecule has 0 atom stereocenters. The zero-order chi connectivity index (χ0) is 14.0. The molecule has 1 aromatic heterocycles. The zero-order valence-electron chi connectivity index (χ0n) is 10.7. The number of nitrogen functional groups attached to an aromatic ring is 1. The van der Waals surface area contributed by atoms with Crippen LogP contribution in [0.3, 0.4) is 0 Å². The lowest BCUT2D eigenvalue weighted by Crippen LogP contribution is -2.14. The van der Waals surface area contributed by atoms with Crippen LogP contribution >= 0.6 is 0 Å². The van der Waals surface area contributed by atoms with Crippen molar-refractivity contribution in [3.8, 4) is 0 Å². The second-order valence-corrected chi connectivity index (χ2v) is 5.98. The standard InChI is InChI=1S/C13H15N3O2S/c1-9-5-3-4-6-12(9)16-19(17,18)11-7-10(2)13(14)15-8-11/h3-8,16H,1-2H3,(H2,14,15). The van der Waals surface area contributed by atoms with Gasteiger partial charge in [-0.3, -0.25) is 4.72 Å². The predicted octanol–water partition coefficient (Wildman–Crippen LogP) is 2.08. The first kappa shape index (κ1) is 13.4. The summed E-state index contributed by atoms with van der Waals surface area (Å²) in [5.74, 6) is 0.329. The van der Waals surface area contributed by atoms with Crippen LogP contribution in [0.4, 0.5) is 11.5 Å². The highest BCUT2D eigenvalue weighted by Crippen LogP contribution is 2.20. The SMILES string of the molecule is Cc1ccccc1NS(=O)(=O)c1cnc(N)c(C)c1. The van der Waals surface area contributed by atoms with Crippen LogP contribution in [0.15, 0.2) is 41.4 Å². The van der Waals surface area contributed by atoms with Crippen LogP contribution in [0.5, 0.6) is 0 Å². The number of hydrogen-bond donors (Lipinski definition) is 2. The maximum absolute atomic E-state index is 12.2. The van der Waals surface area contributed by atoms with Crippen molar-refractivity contribution < 1.29 is 8.42 Å². The molecule has 2 aromatic rings. The lowest BCUT2D eigenvalue weighted by molar-refractivity contribution is 0.600. The monoisotopic (exact) mass is 277 g/mol. The number of benzene rings is 1. The molecule has 6 heteroatoms. The molecule has 1 heterocycles. The molecule has 100 valence electrons. The van der Waals surface area contributed by atoms with Crippen LogP contribution < -0.4 is 10.5 Å². The molecular formula is C13H15N3O2S. The van der Waals surface area contributed by atoms with Gasteiger partial charge in [0.15, 0.2) is 0 Å². The fraction of sp³-hybridized carbons (Fsp3) is 0.154. The highest BCUT2D eigenvalue weighted by molar-refractivity contribution is 7.92. The van der Waals surface area contributed by atoms with E-state index in [9.17, 15) is 8.42 Å². The van der Waals surface area contributed by atoms with Gasteiger partial charge in [-0.2, -0.15) is 0 Å². The van der Waals surface area contributed by atoms with E-state index < -0.39 is 10.0 Å². The second-order valence-electron chi connectivity index (χ2n) is 4.29. The van der Waals surface area contributed by atoms with Crippen LogP contribution in [0, 0.1) is 13.8 Å². The number of anilines is 2. The summed E-state index contributed by atoms with van der Waals surface area (Å²) in [5, 5.41) is 0. The van der Waals surface area contributed by atoms with Crippen molar-refractivity contribution in [1.82, 2.24) is 4.98 Å². The Kier molecular flexibility index (Phi) is 3.44. The first-order valence-corrected chi connectivity index (χ1v) is 7.19. The van der Waals surface area contributed by atoms with Crippen LogP contribution in [0.25, 0.3) is 0 Å². The summed E-state index contributed by atoms with van der Waals surface area (Å²) >= 11 is 0. The summed E-state index contributed by atoms with van der Waals surface area (Å²) in [6.45, 7) is 3.56. The van der Waals surface area contributed by atoms with E-state index in [4.69, 9.17) is 5.73 Å². The number of nitrogens with two attached hydrogens (primary N) is 1. The number of pyridine rings is 1. The first-order chi connectivity index (χ1) is 8.90. The van der Waals surface area contributed by atoms with E-state index in [2.05, 4.69) is 9.71 Å².